The van der Waals surface area contributed by atoms with Crippen LogP contribution in [0.5, 0.6) is 0 Å². The Morgan fingerprint density at radius 2 is 1.42 bits per heavy atom. The maximum absolute atomic E-state index is 3.67. The quantitative estimate of drug-likeness (QED) is 0.265. The molecule has 4 heteroatoms. The average molecular weight is 544 g/mol. The fourth-order valence-corrected chi connectivity index (χ4v) is 2.26. The van der Waals surface area contributed by atoms with E-state index in [0.717, 1.165) is 15.0 Å². The van der Waals surface area contributed by atoms with Crippen molar-refractivity contribution in [3.05, 3.63) is 25.3 Å². The van der Waals surface area contributed by atoms with Gasteiger partial charge in [-0.25, -0.2) is 0 Å². The van der Waals surface area contributed by atoms with E-state index in [1.165, 1.54) is 23.5 Å². The van der Waals surface area contributed by atoms with Gasteiger partial charge in [-0.2, -0.15) is 0 Å². The Balaban J connectivity index is 0. The summed E-state index contributed by atoms with van der Waals surface area (Å²) in [7, 11) is 0. The molecule has 0 saturated carbocycles. The Labute approximate surface area is 104 Å². The molecule has 0 radical (unpaired) electrons. The van der Waals surface area contributed by atoms with Crippen molar-refractivity contribution in [1.29, 1.82) is 0 Å². The Hall–Kier alpha value is 1.65. The van der Waals surface area contributed by atoms with Crippen LogP contribution in [0, 0.1) is 0 Å². The molecule has 0 aromatic carbocycles. The molecule has 0 nitrogen and oxygen atoms in total. The Bertz CT molecular complexity index is 89.1. The van der Waals surface area contributed by atoms with Gasteiger partial charge in [0.15, 0.2) is 0 Å². The van der Waals surface area contributed by atoms with Crippen LogP contribution in [0.4, 0.5) is 0 Å². The molecule has 0 aliphatic heterocycles. The normalized spacial score (nSPS) is 8.50. The molecule has 0 aromatic rings. The van der Waals surface area contributed by atoms with Crippen LogP contribution < -0.4 is 0 Å². The second-order valence-electron chi connectivity index (χ2n) is 1.81. The molecule has 0 unspecified atom stereocenters. The van der Waals surface area contributed by atoms with E-state index in [-0.39, 0.29) is 14.5 Å². The Morgan fingerprint density at radius 1 is 1.08 bits per heavy atom. The van der Waals surface area contributed by atoms with E-state index < -0.39 is 0 Å². The second kappa shape index (κ2) is 18.4. The summed E-state index contributed by atoms with van der Waals surface area (Å²) in [5.74, 6) is 0. The number of allylic oxidation sites excluding steroid dienone is 2. The molecule has 0 atom stereocenters. The van der Waals surface area contributed by atoms with Gasteiger partial charge in [-0.1, -0.05) is 0 Å². The van der Waals surface area contributed by atoms with E-state index in [1.54, 1.807) is 0 Å². The number of hydrogen-bond acceptors (Lipinski definition) is 0. The minimum atomic E-state index is 0.208. The maximum atomic E-state index is 3.67. The van der Waals surface area contributed by atoms with E-state index >= 15 is 0 Å². The van der Waals surface area contributed by atoms with Gasteiger partial charge in [0.1, 0.15) is 0 Å². The van der Waals surface area contributed by atoms with Gasteiger partial charge < -0.3 is 0 Å². The minimum absolute atomic E-state index is 0.208. The van der Waals surface area contributed by atoms with Crippen LogP contribution in [-0.4, -0.2) is 15.0 Å². The van der Waals surface area contributed by atoms with Gasteiger partial charge in [-0.05, 0) is 0 Å². The van der Waals surface area contributed by atoms with Crippen molar-refractivity contribution in [2.45, 2.75) is 23.5 Å². The van der Waals surface area contributed by atoms with Gasteiger partial charge in [0.2, 0.25) is 0 Å². The molecule has 0 spiro atoms. The van der Waals surface area contributed by atoms with Crippen LogP contribution in [0.15, 0.2) is 25.3 Å². The third-order valence-electron chi connectivity index (χ3n) is 0.933. The SMILES string of the molecule is C=CCC[Se]CCC=C.[Br][Pt][Br]. The number of halogens is 2. The van der Waals surface area contributed by atoms with Gasteiger partial charge in [-0.3, -0.25) is 0 Å². The van der Waals surface area contributed by atoms with Crippen LogP contribution in [0.3, 0.4) is 0 Å². The molecule has 76 valence electrons. The fraction of sp³-hybridized carbons (Fsp3) is 0.500. The van der Waals surface area contributed by atoms with Gasteiger partial charge in [0.05, 0.1) is 0 Å². The van der Waals surface area contributed by atoms with Crippen molar-refractivity contribution in [1.82, 2.24) is 0 Å². The first kappa shape index (κ1) is 16.1. The average Bonchev–Trinajstić information content (AvgIpc) is 2.06. The van der Waals surface area contributed by atoms with Gasteiger partial charge >= 0.3 is 105 Å². The summed E-state index contributed by atoms with van der Waals surface area (Å²) in [6.07, 6.45) is 6.37. The molecular formula is C8H14Br2PtSe. The Morgan fingerprint density at radius 3 is 1.67 bits per heavy atom. The summed E-state index contributed by atoms with van der Waals surface area (Å²) in [5, 5.41) is 2.70. The van der Waals surface area contributed by atoms with Crippen molar-refractivity contribution in [3.63, 3.8) is 0 Å². The fourth-order valence-electron chi connectivity index (χ4n) is 0.435. The molecule has 12 heavy (non-hydrogen) atoms. The predicted molar refractivity (Wildman–Crippen MR) is 62.9 cm³/mol. The zero-order valence-corrected chi connectivity index (χ0v) is 14.0. The summed E-state index contributed by atoms with van der Waals surface area (Å²) in [6.45, 7) is 7.34. The molecule has 0 amide bonds. The molecule has 0 aromatic heterocycles. The monoisotopic (exact) mass is 543 g/mol. The van der Waals surface area contributed by atoms with Gasteiger partial charge in [0.25, 0.3) is 0 Å². The second-order valence-corrected chi connectivity index (χ2v) is 14.3. The van der Waals surface area contributed by atoms with Crippen molar-refractivity contribution in [3.8, 4) is 0 Å². The van der Waals surface area contributed by atoms with Crippen molar-refractivity contribution >= 4 is 41.6 Å². The van der Waals surface area contributed by atoms with Crippen molar-refractivity contribution in [2.24, 2.45) is 0 Å². The standard InChI is InChI=1S/C8H14Se.2BrH.Pt/c1-3-5-7-9-8-6-4-2;;;/h3-4H,1-2,5-8H2;2*1H;/q;;;+2/p-2. The molecule has 0 aliphatic rings. The van der Waals surface area contributed by atoms with Gasteiger partial charge in [0, 0.05) is 0 Å². The molecule has 0 N–H and O–H groups in total. The molecule has 0 bridgehead atoms. The first-order valence-electron chi connectivity index (χ1n) is 3.45. The Kier molecular flexibility index (Phi) is 24.7. The van der Waals surface area contributed by atoms with E-state index in [0.29, 0.717) is 0 Å². The predicted octanol–water partition coefficient (Wildman–Crippen LogP) is 4.37. The summed E-state index contributed by atoms with van der Waals surface area (Å²) < 4.78 is 0. The zero-order chi connectivity index (χ0) is 9.66. The van der Waals surface area contributed by atoms with Crippen LogP contribution in [0.2, 0.25) is 10.6 Å². The number of hydrogen-bond donors (Lipinski definition) is 0. The summed E-state index contributed by atoms with van der Waals surface area (Å²) in [5.41, 5.74) is 0. The third kappa shape index (κ3) is 22.6. The van der Waals surface area contributed by atoms with E-state index in [2.05, 4.69) is 39.8 Å². The summed E-state index contributed by atoms with van der Waals surface area (Å²) in [6, 6.07) is 0. The van der Waals surface area contributed by atoms with Gasteiger partial charge in [-0.15, -0.1) is 0 Å². The van der Waals surface area contributed by atoms with Crippen LogP contribution >= 0.6 is 26.6 Å². The van der Waals surface area contributed by atoms with Crippen LogP contribution in [0.25, 0.3) is 0 Å². The van der Waals surface area contributed by atoms with Crippen LogP contribution in [0.1, 0.15) is 12.8 Å². The topological polar surface area (TPSA) is 0 Å². The van der Waals surface area contributed by atoms with Crippen molar-refractivity contribution < 1.29 is 14.5 Å². The van der Waals surface area contributed by atoms with Crippen LogP contribution in [-0.2, 0) is 14.5 Å². The summed E-state index contributed by atoms with van der Waals surface area (Å²) >= 11 is 7.39. The molecule has 0 aliphatic carbocycles. The van der Waals surface area contributed by atoms with E-state index in [1.807, 2.05) is 12.2 Å². The number of rotatable bonds is 6. The molecule has 0 saturated heterocycles. The molecule has 0 heterocycles. The molecule has 0 fully saturated rings. The first-order chi connectivity index (χ1) is 5.83. The summed E-state index contributed by atoms with van der Waals surface area (Å²) in [4.78, 5) is 0. The van der Waals surface area contributed by atoms with E-state index in [9.17, 15) is 0 Å². The van der Waals surface area contributed by atoms with Crippen molar-refractivity contribution in [2.75, 3.05) is 0 Å². The first-order valence-corrected chi connectivity index (χ1v) is 15.8. The molecular weight excluding hydrogens is 530 g/mol. The molecule has 0 rings (SSSR count). The third-order valence-corrected chi connectivity index (χ3v) is 3.13. The van der Waals surface area contributed by atoms with E-state index in [4.69, 9.17) is 0 Å². The zero-order valence-electron chi connectivity index (χ0n) is 6.88.